The van der Waals surface area contributed by atoms with E-state index in [1.54, 1.807) is 11.3 Å². The van der Waals surface area contributed by atoms with Crippen molar-refractivity contribution in [3.05, 3.63) is 40.3 Å². The first-order valence-corrected chi connectivity index (χ1v) is 9.87. The lowest BCUT2D eigenvalue weighted by Crippen LogP contribution is -2.44. The second kappa shape index (κ2) is 7.68. The number of hydrogen-bond donors (Lipinski definition) is 1. The Hall–Kier alpha value is -1.70. The molecule has 0 saturated carbocycles. The Morgan fingerprint density at radius 2 is 2.24 bits per heavy atom. The third kappa shape index (κ3) is 3.94. The summed E-state index contributed by atoms with van der Waals surface area (Å²) in [4.78, 5) is 14.7. The summed E-state index contributed by atoms with van der Waals surface area (Å²) < 4.78 is 7.55. The van der Waals surface area contributed by atoms with E-state index in [1.807, 2.05) is 23.0 Å². The number of aromatic nitrogens is 2. The molecule has 1 amide bonds. The van der Waals surface area contributed by atoms with Crippen molar-refractivity contribution in [2.75, 3.05) is 32.8 Å². The Labute approximate surface area is 151 Å². The number of ether oxygens (including phenoxy) is 1. The molecule has 6 nitrogen and oxygen atoms in total. The van der Waals surface area contributed by atoms with E-state index in [4.69, 9.17) is 4.74 Å². The lowest BCUT2D eigenvalue weighted by atomic mass is 9.99. The van der Waals surface area contributed by atoms with Crippen LogP contribution in [0, 0.1) is 5.92 Å². The van der Waals surface area contributed by atoms with Gasteiger partial charge in [-0.15, -0.1) is 0 Å². The van der Waals surface area contributed by atoms with E-state index in [2.05, 4.69) is 26.1 Å². The van der Waals surface area contributed by atoms with Gasteiger partial charge in [-0.05, 0) is 36.3 Å². The molecule has 25 heavy (non-hydrogen) atoms. The minimum Gasteiger partial charge on any atom is -0.381 e. The fraction of sp³-hybridized carbons (Fsp3) is 0.556. The van der Waals surface area contributed by atoms with Crippen LogP contribution in [0.3, 0.4) is 0 Å². The van der Waals surface area contributed by atoms with Gasteiger partial charge in [0.15, 0.2) is 0 Å². The molecule has 0 bridgehead atoms. The minimum atomic E-state index is -0.00323. The Balaban J connectivity index is 1.39. The predicted molar refractivity (Wildman–Crippen MR) is 96.7 cm³/mol. The third-order valence-electron chi connectivity index (χ3n) is 5.09. The maximum absolute atomic E-state index is 12.2. The van der Waals surface area contributed by atoms with Gasteiger partial charge in [0.1, 0.15) is 0 Å². The second-order valence-electron chi connectivity index (χ2n) is 6.89. The first-order chi connectivity index (χ1) is 12.3. The lowest BCUT2D eigenvalue weighted by molar-refractivity contribution is 0.0446. The first-order valence-electron chi connectivity index (χ1n) is 8.92. The molecule has 1 fully saturated rings. The number of fused-ring (bicyclic) bond motifs is 1. The third-order valence-corrected chi connectivity index (χ3v) is 5.77. The van der Waals surface area contributed by atoms with Crippen LogP contribution >= 0.6 is 11.3 Å². The van der Waals surface area contributed by atoms with Crippen LogP contribution < -0.4 is 5.32 Å². The van der Waals surface area contributed by atoms with Gasteiger partial charge < -0.3 is 10.1 Å². The van der Waals surface area contributed by atoms with Crippen LogP contribution in [0.4, 0.5) is 0 Å². The van der Waals surface area contributed by atoms with E-state index in [0.29, 0.717) is 12.5 Å². The minimum absolute atomic E-state index is 0.00323. The average Bonchev–Trinajstić information content (AvgIpc) is 3.32. The van der Waals surface area contributed by atoms with Crippen LogP contribution in [0.15, 0.2) is 29.1 Å². The molecular formula is C18H24N4O2S. The maximum atomic E-state index is 12.2. The van der Waals surface area contributed by atoms with Crippen LogP contribution in [0.5, 0.6) is 0 Å². The number of carbonyl (C=O) groups excluding carboxylic acids is 1. The lowest BCUT2D eigenvalue weighted by Gasteiger charge is -2.36. The topological polar surface area (TPSA) is 59.4 Å². The molecule has 1 saturated heterocycles. The van der Waals surface area contributed by atoms with E-state index in [-0.39, 0.29) is 11.9 Å². The number of thiophene rings is 1. The molecule has 1 N–H and O–H groups in total. The van der Waals surface area contributed by atoms with Crippen molar-refractivity contribution in [3.8, 4) is 0 Å². The predicted octanol–water partition coefficient (Wildman–Crippen LogP) is 2.16. The van der Waals surface area contributed by atoms with E-state index in [0.717, 1.165) is 51.3 Å². The monoisotopic (exact) mass is 360 g/mol. The zero-order chi connectivity index (χ0) is 17.1. The Morgan fingerprint density at radius 1 is 1.36 bits per heavy atom. The molecule has 0 spiro atoms. The SMILES string of the molecule is O=C(NC[C@H]1CN(CC2CCOCC2)Cc2ccnn21)c1ccsc1. The summed E-state index contributed by atoms with van der Waals surface area (Å²) >= 11 is 1.54. The van der Waals surface area contributed by atoms with Crippen LogP contribution in [0.2, 0.25) is 0 Å². The number of rotatable bonds is 5. The van der Waals surface area contributed by atoms with Crippen molar-refractivity contribution in [1.29, 1.82) is 0 Å². The van der Waals surface area contributed by atoms with Crippen LogP contribution in [0.25, 0.3) is 0 Å². The van der Waals surface area contributed by atoms with Gasteiger partial charge in [-0.2, -0.15) is 16.4 Å². The van der Waals surface area contributed by atoms with E-state index in [1.165, 1.54) is 5.69 Å². The van der Waals surface area contributed by atoms with Crippen LogP contribution in [-0.2, 0) is 11.3 Å². The summed E-state index contributed by atoms with van der Waals surface area (Å²) in [6.07, 6.45) is 4.16. The summed E-state index contributed by atoms with van der Waals surface area (Å²) in [5.41, 5.74) is 1.97. The largest absolute Gasteiger partial charge is 0.381 e. The Morgan fingerprint density at radius 3 is 3.04 bits per heavy atom. The first kappa shape index (κ1) is 16.8. The fourth-order valence-corrected chi connectivity index (χ4v) is 4.39. The van der Waals surface area contributed by atoms with Crippen molar-refractivity contribution in [1.82, 2.24) is 20.0 Å². The molecule has 0 aliphatic carbocycles. The Bertz CT molecular complexity index is 694. The fourth-order valence-electron chi connectivity index (χ4n) is 3.76. The highest BCUT2D eigenvalue weighted by atomic mass is 32.1. The van der Waals surface area contributed by atoms with Gasteiger partial charge in [0.25, 0.3) is 5.91 Å². The van der Waals surface area contributed by atoms with E-state index >= 15 is 0 Å². The Kier molecular flexibility index (Phi) is 5.14. The van der Waals surface area contributed by atoms with Gasteiger partial charge in [0, 0.05) is 56.5 Å². The van der Waals surface area contributed by atoms with Gasteiger partial charge in [-0.1, -0.05) is 0 Å². The molecule has 134 valence electrons. The molecule has 2 aliphatic heterocycles. The summed E-state index contributed by atoms with van der Waals surface area (Å²) in [6, 6.07) is 4.13. The average molecular weight is 360 g/mol. The molecule has 2 aromatic rings. The summed E-state index contributed by atoms with van der Waals surface area (Å²) in [5, 5.41) is 11.4. The van der Waals surface area contributed by atoms with E-state index < -0.39 is 0 Å². The molecule has 2 aliphatic rings. The van der Waals surface area contributed by atoms with Crippen LogP contribution in [0.1, 0.15) is 34.9 Å². The highest BCUT2D eigenvalue weighted by Gasteiger charge is 2.28. The van der Waals surface area contributed by atoms with Gasteiger partial charge >= 0.3 is 0 Å². The van der Waals surface area contributed by atoms with Crippen molar-refractivity contribution < 1.29 is 9.53 Å². The van der Waals surface area contributed by atoms with Crippen molar-refractivity contribution in [2.24, 2.45) is 5.92 Å². The molecule has 7 heteroatoms. The normalized spacial score (nSPS) is 21.8. The maximum Gasteiger partial charge on any atom is 0.252 e. The van der Waals surface area contributed by atoms with E-state index in [9.17, 15) is 4.79 Å². The van der Waals surface area contributed by atoms with Crippen molar-refractivity contribution >= 4 is 17.2 Å². The quantitative estimate of drug-likeness (QED) is 0.888. The number of nitrogens with zero attached hydrogens (tertiary/aromatic N) is 3. The second-order valence-corrected chi connectivity index (χ2v) is 7.67. The summed E-state index contributed by atoms with van der Waals surface area (Å²) in [5.74, 6) is 0.709. The molecular weight excluding hydrogens is 336 g/mol. The van der Waals surface area contributed by atoms with Gasteiger partial charge in [0.05, 0.1) is 11.7 Å². The number of nitrogens with one attached hydrogen (secondary N) is 1. The zero-order valence-corrected chi connectivity index (χ0v) is 15.1. The summed E-state index contributed by atoms with van der Waals surface area (Å²) in [7, 11) is 0. The number of hydrogen-bond acceptors (Lipinski definition) is 5. The van der Waals surface area contributed by atoms with Crippen molar-refractivity contribution in [2.45, 2.75) is 25.4 Å². The standard InChI is InChI=1S/C18H24N4O2S/c23-18(15-4-8-25-13-15)19-9-17-12-21(10-14-2-6-24-7-3-14)11-16-1-5-20-22(16)17/h1,4-5,8,13-14,17H,2-3,6-7,9-12H2,(H,19,23)/t17-/m0/s1. The van der Waals surface area contributed by atoms with Gasteiger partial charge in [-0.25, -0.2) is 0 Å². The van der Waals surface area contributed by atoms with Gasteiger partial charge in [-0.3, -0.25) is 14.4 Å². The molecule has 4 rings (SSSR count). The van der Waals surface area contributed by atoms with Crippen molar-refractivity contribution in [3.63, 3.8) is 0 Å². The highest BCUT2D eigenvalue weighted by molar-refractivity contribution is 7.08. The molecule has 0 aromatic carbocycles. The highest BCUT2D eigenvalue weighted by Crippen LogP contribution is 2.23. The van der Waals surface area contributed by atoms with Crippen LogP contribution in [-0.4, -0.2) is 53.4 Å². The molecule has 0 radical (unpaired) electrons. The van der Waals surface area contributed by atoms with Gasteiger partial charge in [0.2, 0.25) is 0 Å². The molecule has 2 aromatic heterocycles. The zero-order valence-electron chi connectivity index (χ0n) is 14.3. The molecule has 0 unspecified atom stereocenters. The summed E-state index contributed by atoms with van der Waals surface area (Å²) in [6.45, 7) is 5.34. The molecule has 1 atom stereocenters. The molecule has 4 heterocycles. The number of carbonyl (C=O) groups is 1. The number of amides is 1. The smallest absolute Gasteiger partial charge is 0.252 e.